The number of sulfonamides is 1. The predicted octanol–water partition coefficient (Wildman–Crippen LogP) is 2.54. The van der Waals surface area contributed by atoms with Crippen molar-refractivity contribution in [3.63, 3.8) is 0 Å². The van der Waals surface area contributed by atoms with Crippen LogP contribution in [0.2, 0.25) is 0 Å². The summed E-state index contributed by atoms with van der Waals surface area (Å²) in [5.74, 6) is 0.301. The average Bonchev–Trinajstić information content (AvgIpc) is 2.46. The lowest BCUT2D eigenvalue weighted by Gasteiger charge is -2.32. The number of halogens is 3. The molecule has 1 aliphatic heterocycles. The molecular weight excluding hydrogens is 329 g/mol. The largest absolute Gasteiger partial charge is 0.393 e. The Kier molecular flexibility index (Phi) is 5.37. The summed E-state index contributed by atoms with van der Waals surface area (Å²) in [4.78, 5) is 0.0303. The van der Waals surface area contributed by atoms with Gasteiger partial charge in [-0.2, -0.15) is 17.5 Å². The van der Waals surface area contributed by atoms with Crippen LogP contribution in [0.15, 0.2) is 29.2 Å². The quantitative estimate of drug-likeness (QED) is 0.908. The average molecular weight is 350 g/mol. The highest BCUT2D eigenvalue weighted by atomic mass is 32.2. The van der Waals surface area contributed by atoms with Crippen molar-refractivity contribution >= 4 is 10.0 Å². The van der Waals surface area contributed by atoms with Gasteiger partial charge in [0.15, 0.2) is 0 Å². The van der Waals surface area contributed by atoms with Crippen molar-refractivity contribution in [3.05, 3.63) is 29.8 Å². The summed E-state index contributed by atoms with van der Waals surface area (Å²) in [6.07, 6.45) is -3.97. The Morgan fingerprint density at radius 3 is 2.17 bits per heavy atom. The van der Waals surface area contributed by atoms with Crippen LogP contribution < -0.4 is 5.73 Å². The van der Waals surface area contributed by atoms with Gasteiger partial charge in [0.1, 0.15) is 0 Å². The van der Waals surface area contributed by atoms with Gasteiger partial charge >= 0.3 is 6.18 Å². The SMILES string of the molecule is CC(N)C1CCN(S(=O)(=O)c2ccc(CC(F)(F)F)cc2)CC1. The first-order valence-corrected chi connectivity index (χ1v) is 8.95. The minimum Gasteiger partial charge on any atom is -0.328 e. The van der Waals surface area contributed by atoms with E-state index in [2.05, 4.69) is 0 Å². The Hall–Kier alpha value is -1.12. The second-order valence-corrected chi connectivity index (χ2v) is 7.97. The molecule has 4 nitrogen and oxygen atoms in total. The molecule has 23 heavy (non-hydrogen) atoms. The Labute approximate surface area is 134 Å². The third-order valence-electron chi connectivity index (χ3n) is 4.21. The fourth-order valence-electron chi connectivity index (χ4n) is 2.80. The van der Waals surface area contributed by atoms with Crippen molar-refractivity contribution in [2.45, 2.75) is 43.3 Å². The zero-order valence-electron chi connectivity index (χ0n) is 12.9. The molecule has 1 aliphatic rings. The van der Waals surface area contributed by atoms with Crippen LogP contribution in [0.4, 0.5) is 13.2 Å². The molecule has 0 saturated carbocycles. The molecule has 130 valence electrons. The van der Waals surface area contributed by atoms with Gasteiger partial charge in [-0.3, -0.25) is 0 Å². The molecule has 0 radical (unpaired) electrons. The lowest BCUT2D eigenvalue weighted by Crippen LogP contribution is -2.42. The maximum Gasteiger partial charge on any atom is 0.393 e. The summed E-state index contributed by atoms with van der Waals surface area (Å²) in [5.41, 5.74) is 5.89. The Balaban J connectivity index is 2.08. The van der Waals surface area contributed by atoms with Gasteiger partial charge in [-0.25, -0.2) is 8.42 Å². The van der Waals surface area contributed by atoms with Crippen LogP contribution in [0.25, 0.3) is 0 Å². The standard InChI is InChI=1S/C15H21F3N2O2S/c1-11(19)13-6-8-20(9-7-13)23(21,22)14-4-2-12(3-5-14)10-15(16,17)18/h2-5,11,13H,6-10,19H2,1H3. The first-order chi connectivity index (χ1) is 10.6. The molecule has 1 atom stereocenters. The number of hydrogen-bond donors (Lipinski definition) is 1. The lowest BCUT2D eigenvalue weighted by atomic mass is 9.92. The first-order valence-electron chi connectivity index (χ1n) is 7.51. The van der Waals surface area contributed by atoms with E-state index >= 15 is 0 Å². The van der Waals surface area contributed by atoms with Crippen LogP contribution in [0.1, 0.15) is 25.3 Å². The predicted molar refractivity (Wildman–Crippen MR) is 81.3 cm³/mol. The molecule has 1 aromatic carbocycles. The topological polar surface area (TPSA) is 63.4 Å². The molecule has 0 spiro atoms. The van der Waals surface area contributed by atoms with Crippen LogP contribution >= 0.6 is 0 Å². The highest BCUT2D eigenvalue weighted by Gasteiger charge is 2.31. The maximum atomic E-state index is 12.5. The molecule has 0 aliphatic carbocycles. The number of piperidine rings is 1. The summed E-state index contributed by atoms with van der Waals surface area (Å²) in [7, 11) is -3.66. The molecule has 0 aromatic heterocycles. The Bertz CT molecular complexity index is 619. The molecule has 2 N–H and O–H groups in total. The lowest BCUT2D eigenvalue weighted by molar-refractivity contribution is -0.127. The summed E-state index contributed by atoms with van der Waals surface area (Å²) in [5, 5.41) is 0. The summed E-state index contributed by atoms with van der Waals surface area (Å²) in [6, 6.07) is 4.95. The molecule has 1 unspecified atom stereocenters. The number of benzene rings is 1. The summed E-state index contributed by atoms with van der Waals surface area (Å²) in [6.45, 7) is 2.69. The van der Waals surface area contributed by atoms with Gasteiger partial charge in [-0.1, -0.05) is 12.1 Å². The molecule has 0 amide bonds. The minimum atomic E-state index is -4.30. The third kappa shape index (κ3) is 4.68. The van der Waals surface area contributed by atoms with Crippen molar-refractivity contribution in [3.8, 4) is 0 Å². The third-order valence-corrected chi connectivity index (χ3v) is 6.12. The zero-order valence-corrected chi connectivity index (χ0v) is 13.7. The molecule has 1 heterocycles. The number of hydrogen-bond acceptors (Lipinski definition) is 3. The highest BCUT2D eigenvalue weighted by molar-refractivity contribution is 7.89. The molecule has 1 aromatic rings. The van der Waals surface area contributed by atoms with E-state index in [1.165, 1.54) is 28.6 Å². The molecule has 1 saturated heterocycles. The van der Waals surface area contributed by atoms with E-state index in [1.54, 1.807) is 0 Å². The molecule has 2 rings (SSSR count). The number of nitrogens with zero attached hydrogens (tertiary/aromatic N) is 1. The van der Waals surface area contributed by atoms with E-state index in [4.69, 9.17) is 5.73 Å². The van der Waals surface area contributed by atoms with Crippen molar-refractivity contribution in [2.24, 2.45) is 11.7 Å². The summed E-state index contributed by atoms with van der Waals surface area (Å²) < 4.78 is 63.4. The fourth-order valence-corrected chi connectivity index (χ4v) is 4.27. The van der Waals surface area contributed by atoms with Gasteiger partial charge < -0.3 is 5.73 Å². The van der Waals surface area contributed by atoms with Crippen molar-refractivity contribution < 1.29 is 21.6 Å². The van der Waals surface area contributed by atoms with E-state index in [9.17, 15) is 21.6 Å². The van der Waals surface area contributed by atoms with E-state index in [0.29, 0.717) is 31.8 Å². The van der Waals surface area contributed by atoms with Crippen LogP contribution in [0.5, 0.6) is 0 Å². The fraction of sp³-hybridized carbons (Fsp3) is 0.600. The van der Waals surface area contributed by atoms with Gasteiger partial charge in [0, 0.05) is 19.1 Å². The van der Waals surface area contributed by atoms with Crippen molar-refractivity contribution in [1.82, 2.24) is 4.31 Å². The molecule has 0 bridgehead atoms. The molecule has 1 fully saturated rings. The first kappa shape index (κ1) is 18.2. The smallest absolute Gasteiger partial charge is 0.328 e. The number of alkyl halides is 3. The second kappa shape index (κ2) is 6.78. The Morgan fingerprint density at radius 2 is 1.74 bits per heavy atom. The van der Waals surface area contributed by atoms with Crippen molar-refractivity contribution in [2.75, 3.05) is 13.1 Å². The van der Waals surface area contributed by atoms with Gasteiger partial charge in [-0.05, 0) is 43.4 Å². The van der Waals surface area contributed by atoms with E-state index in [1.807, 2.05) is 6.92 Å². The maximum absolute atomic E-state index is 12.5. The van der Waals surface area contributed by atoms with Crippen molar-refractivity contribution in [1.29, 1.82) is 0 Å². The van der Waals surface area contributed by atoms with Gasteiger partial charge in [0.2, 0.25) is 10.0 Å². The van der Waals surface area contributed by atoms with Gasteiger partial charge in [-0.15, -0.1) is 0 Å². The monoisotopic (exact) mass is 350 g/mol. The van der Waals surface area contributed by atoms with Gasteiger partial charge in [0.05, 0.1) is 11.3 Å². The highest BCUT2D eigenvalue weighted by Crippen LogP contribution is 2.26. The minimum absolute atomic E-state index is 0.0292. The van der Waals surface area contributed by atoms with Gasteiger partial charge in [0.25, 0.3) is 0 Å². The number of rotatable bonds is 4. The van der Waals surface area contributed by atoms with Crippen LogP contribution in [0.3, 0.4) is 0 Å². The Morgan fingerprint density at radius 1 is 1.22 bits per heavy atom. The van der Waals surface area contributed by atoms with Crippen LogP contribution in [0, 0.1) is 5.92 Å². The van der Waals surface area contributed by atoms with E-state index < -0.39 is 22.6 Å². The number of nitrogens with two attached hydrogens (primary N) is 1. The molecular formula is C15H21F3N2O2S. The van der Waals surface area contributed by atoms with E-state index in [0.717, 1.165) is 0 Å². The van der Waals surface area contributed by atoms with E-state index in [-0.39, 0.29) is 16.5 Å². The summed E-state index contributed by atoms with van der Waals surface area (Å²) >= 11 is 0. The van der Waals surface area contributed by atoms with Crippen LogP contribution in [-0.2, 0) is 16.4 Å². The second-order valence-electron chi connectivity index (χ2n) is 6.04. The molecule has 8 heteroatoms. The normalized spacial score (nSPS) is 19.7. The van der Waals surface area contributed by atoms with Crippen LogP contribution in [-0.4, -0.2) is 38.0 Å². The zero-order chi connectivity index (χ0) is 17.3.